The summed E-state index contributed by atoms with van der Waals surface area (Å²) in [6, 6.07) is 90.6. The average molecular weight is 919 g/mol. The van der Waals surface area contributed by atoms with Gasteiger partial charge in [-0.3, -0.25) is 9.98 Å². The summed E-state index contributed by atoms with van der Waals surface area (Å²) in [4.78, 5) is 10.7. The zero-order chi connectivity index (χ0) is 47.5. The first-order chi connectivity index (χ1) is 35.7. The Labute approximate surface area is 418 Å². The number of aliphatic imine (C=N–C) groups is 1. The maximum absolute atomic E-state index is 5.73. The van der Waals surface area contributed by atoms with Crippen LogP contribution in [-0.4, -0.2) is 19.8 Å². The molecule has 0 saturated heterocycles. The highest BCUT2D eigenvalue weighted by molar-refractivity contribution is 6.27. The molecule has 14 rings (SSSR count). The molecule has 0 atom stereocenters. The van der Waals surface area contributed by atoms with Crippen LogP contribution in [0.25, 0.3) is 111 Å². The average Bonchev–Trinajstić information content (AvgIpc) is 4.12. The number of aryl methyl sites for hydroxylation is 1. The summed E-state index contributed by atoms with van der Waals surface area (Å²) in [6.45, 7) is 0. The Hall–Kier alpha value is -9.38. The molecule has 4 heterocycles. The van der Waals surface area contributed by atoms with Crippen LogP contribution in [-0.2, 0) is 6.42 Å². The normalized spacial score (nSPS) is 12.4. The third-order valence-electron chi connectivity index (χ3n) is 14.7. The Morgan fingerprint density at radius 2 is 0.792 bits per heavy atom. The monoisotopic (exact) mass is 918 g/mol. The van der Waals surface area contributed by atoms with Crippen LogP contribution >= 0.6 is 0 Å². The van der Waals surface area contributed by atoms with E-state index in [1.807, 2.05) is 12.3 Å². The first-order valence-corrected chi connectivity index (χ1v) is 24.8. The number of benzene rings is 10. The minimum atomic E-state index is 0.790. The van der Waals surface area contributed by atoms with Gasteiger partial charge in [0.15, 0.2) is 0 Å². The largest absolute Gasteiger partial charge is 0.309 e. The smallest absolute Gasteiger partial charge is 0.0961 e. The Kier molecular flexibility index (Phi) is 9.95. The fraction of sp³-hybridized carbons (Fsp3) is 0.0294. The molecule has 3 aromatic heterocycles. The summed E-state index contributed by atoms with van der Waals surface area (Å²) in [5.74, 6) is 0. The summed E-state index contributed by atoms with van der Waals surface area (Å²) in [5, 5.41) is 8.18. The second-order valence-electron chi connectivity index (χ2n) is 18.8. The van der Waals surface area contributed by atoms with Crippen molar-refractivity contribution in [1.29, 1.82) is 0 Å². The molecule has 13 aromatic rings. The third-order valence-corrected chi connectivity index (χ3v) is 14.7. The molecule has 1 aliphatic rings. The summed E-state index contributed by atoms with van der Waals surface area (Å²) >= 11 is 0. The van der Waals surface area contributed by atoms with Gasteiger partial charge in [-0.2, -0.15) is 0 Å². The van der Waals surface area contributed by atoms with Gasteiger partial charge in [-0.25, -0.2) is 0 Å². The van der Waals surface area contributed by atoms with Crippen molar-refractivity contribution in [3.05, 3.63) is 266 Å². The lowest BCUT2D eigenvalue weighted by molar-refractivity contribution is 1.01. The van der Waals surface area contributed by atoms with Crippen LogP contribution < -0.4 is 0 Å². The zero-order valence-corrected chi connectivity index (χ0v) is 39.5. The van der Waals surface area contributed by atoms with E-state index < -0.39 is 0 Å². The molecule has 0 saturated carbocycles. The summed E-state index contributed by atoms with van der Waals surface area (Å²) in [6.07, 6.45) is 3.55. The highest BCUT2D eigenvalue weighted by Crippen LogP contribution is 2.46. The number of aromatic nitrogens is 3. The zero-order valence-electron chi connectivity index (χ0n) is 39.5. The van der Waals surface area contributed by atoms with E-state index >= 15 is 0 Å². The fourth-order valence-corrected chi connectivity index (χ4v) is 11.3. The molecule has 4 nitrogen and oxygen atoms in total. The molecule has 0 unspecified atom stereocenters. The topological polar surface area (TPSA) is 35.1 Å². The van der Waals surface area contributed by atoms with Crippen molar-refractivity contribution in [2.24, 2.45) is 4.99 Å². The highest BCUT2D eigenvalue weighted by Gasteiger charge is 2.26. The fourth-order valence-electron chi connectivity index (χ4n) is 11.3. The van der Waals surface area contributed by atoms with Crippen molar-refractivity contribution in [2.75, 3.05) is 0 Å². The summed E-state index contributed by atoms with van der Waals surface area (Å²) in [5.41, 5.74) is 19.1. The second kappa shape index (κ2) is 17.2. The molecule has 4 heteroatoms. The van der Waals surface area contributed by atoms with Crippen LogP contribution in [0.5, 0.6) is 0 Å². The van der Waals surface area contributed by atoms with Crippen molar-refractivity contribution in [2.45, 2.75) is 12.8 Å². The molecule has 10 aromatic carbocycles. The third kappa shape index (κ3) is 6.99. The lowest BCUT2D eigenvalue weighted by atomic mass is 9.84. The van der Waals surface area contributed by atoms with Gasteiger partial charge in [0.1, 0.15) is 0 Å². The highest BCUT2D eigenvalue weighted by atomic mass is 15.0. The number of rotatable bonds is 8. The van der Waals surface area contributed by atoms with Crippen molar-refractivity contribution < 1.29 is 0 Å². The van der Waals surface area contributed by atoms with Gasteiger partial charge in [-0.05, 0) is 145 Å². The minimum absolute atomic E-state index is 0.790. The summed E-state index contributed by atoms with van der Waals surface area (Å²) < 4.78 is 4.88. The van der Waals surface area contributed by atoms with E-state index in [4.69, 9.17) is 9.98 Å². The SMILES string of the molecule is c1ccc(-c2ccc(-c3ccccc3)n2-c2ccc3c(-c4ccc5ccccc5c4)c4cc(-n5c(-c6ccccc6)ccc5-c5ccccc5)ccc4c(C4=Nc5c(ccc6cccnc56)CC4)c3c2)cc1. The molecule has 72 heavy (non-hydrogen) atoms. The molecule has 0 fully saturated rings. The van der Waals surface area contributed by atoms with Crippen LogP contribution in [0.4, 0.5) is 5.69 Å². The number of fused-ring (bicyclic) bond motifs is 6. The first kappa shape index (κ1) is 41.6. The molecule has 0 N–H and O–H groups in total. The van der Waals surface area contributed by atoms with Gasteiger partial charge in [0, 0.05) is 34.2 Å². The van der Waals surface area contributed by atoms with Gasteiger partial charge in [0.05, 0.1) is 34.0 Å². The van der Waals surface area contributed by atoms with Gasteiger partial charge in [0.25, 0.3) is 0 Å². The van der Waals surface area contributed by atoms with E-state index in [-0.39, 0.29) is 0 Å². The van der Waals surface area contributed by atoms with Crippen molar-refractivity contribution >= 4 is 54.6 Å². The standard InChI is InChI=1S/C68H46N4/c1-5-17-46(18-6-1)61-37-38-62(47-19-7-2-8-20-47)71(61)54-33-35-57-58(43-54)65(53-30-27-45-16-13-14-25-52(45)42-53)56-34-32-55(72-63(48-21-9-3-10-22-48)39-40-64(72)49-23-11-4-12-24-49)44-59(56)66(57)60-36-31-51-29-28-50-26-15-41-69-67(50)68(51)70-60/h1-30,32-35,37-44H,31,36H2. The Morgan fingerprint density at radius 1 is 0.319 bits per heavy atom. The molecule has 338 valence electrons. The molecule has 0 bridgehead atoms. The maximum atomic E-state index is 5.73. The lowest BCUT2D eigenvalue weighted by Gasteiger charge is -2.24. The molecule has 0 radical (unpaired) electrons. The minimum Gasteiger partial charge on any atom is -0.309 e. The van der Waals surface area contributed by atoms with E-state index in [0.717, 1.165) is 108 Å². The Morgan fingerprint density at radius 3 is 1.35 bits per heavy atom. The number of pyridine rings is 1. The Bertz CT molecular complexity index is 4130. The van der Waals surface area contributed by atoms with Gasteiger partial charge < -0.3 is 9.13 Å². The van der Waals surface area contributed by atoms with E-state index in [1.54, 1.807) is 0 Å². The first-order valence-electron chi connectivity index (χ1n) is 24.8. The molecular formula is C68H46N4. The van der Waals surface area contributed by atoms with E-state index in [2.05, 4.69) is 252 Å². The van der Waals surface area contributed by atoms with Gasteiger partial charge in [-0.15, -0.1) is 0 Å². The predicted octanol–water partition coefficient (Wildman–Crippen LogP) is 17.7. The van der Waals surface area contributed by atoms with E-state index in [1.165, 1.54) is 38.2 Å². The van der Waals surface area contributed by atoms with E-state index in [0.29, 0.717) is 0 Å². The molecule has 1 aliphatic heterocycles. The second-order valence-corrected chi connectivity index (χ2v) is 18.8. The van der Waals surface area contributed by atoms with Crippen molar-refractivity contribution in [3.8, 4) is 67.5 Å². The maximum Gasteiger partial charge on any atom is 0.0961 e. The molecular weight excluding hydrogens is 873 g/mol. The van der Waals surface area contributed by atoms with Crippen molar-refractivity contribution in [3.63, 3.8) is 0 Å². The Balaban J connectivity index is 1.11. The lowest BCUT2D eigenvalue weighted by Crippen LogP contribution is -2.11. The van der Waals surface area contributed by atoms with E-state index in [9.17, 15) is 0 Å². The van der Waals surface area contributed by atoms with Crippen LogP contribution in [0.2, 0.25) is 0 Å². The number of nitrogens with zero attached hydrogens (tertiary/aromatic N) is 4. The molecule has 0 aliphatic carbocycles. The van der Waals surface area contributed by atoms with Crippen LogP contribution in [0.1, 0.15) is 17.5 Å². The van der Waals surface area contributed by atoms with Gasteiger partial charge >= 0.3 is 0 Å². The van der Waals surface area contributed by atoms with Gasteiger partial charge in [0.2, 0.25) is 0 Å². The number of hydrogen-bond donors (Lipinski definition) is 0. The molecule has 0 spiro atoms. The van der Waals surface area contributed by atoms with Crippen molar-refractivity contribution in [1.82, 2.24) is 14.1 Å². The van der Waals surface area contributed by atoms with Crippen LogP contribution in [0, 0.1) is 0 Å². The number of hydrogen-bond acceptors (Lipinski definition) is 2. The van der Waals surface area contributed by atoms with Gasteiger partial charge in [-0.1, -0.05) is 188 Å². The van der Waals surface area contributed by atoms with Crippen LogP contribution in [0.3, 0.4) is 0 Å². The predicted molar refractivity (Wildman–Crippen MR) is 301 cm³/mol. The quantitative estimate of drug-likeness (QED) is 0.140. The van der Waals surface area contributed by atoms with Crippen LogP contribution in [0.15, 0.2) is 260 Å². The molecule has 0 amide bonds. The summed E-state index contributed by atoms with van der Waals surface area (Å²) in [7, 11) is 0.